The van der Waals surface area contributed by atoms with Gasteiger partial charge in [0.15, 0.2) is 0 Å². The van der Waals surface area contributed by atoms with Crippen LogP contribution in [0.3, 0.4) is 0 Å². The number of carbonyl (C=O) groups is 1. The second-order valence-corrected chi connectivity index (χ2v) is 8.11. The molecule has 1 aromatic rings. The van der Waals surface area contributed by atoms with Gasteiger partial charge in [0, 0.05) is 29.2 Å². The molecule has 0 aromatic heterocycles. The minimum Gasteiger partial charge on any atom is -0.444 e. The van der Waals surface area contributed by atoms with E-state index in [0.29, 0.717) is 31.9 Å². The minimum absolute atomic E-state index is 0.152. The highest BCUT2D eigenvalue weighted by atomic mass is 79.9. The number of hydrogen-bond donors (Lipinski definition) is 1. The molecular formula is C18H26BrFN2O3. The van der Waals surface area contributed by atoms with E-state index >= 15 is 0 Å². The second kappa shape index (κ2) is 8.47. The first-order chi connectivity index (χ1) is 11.7. The van der Waals surface area contributed by atoms with Gasteiger partial charge in [-0.3, -0.25) is 4.90 Å². The Bertz CT molecular complexity index is 606. The van der Waals surface area contributed by atoms with E-state index in [1.54, 1.807) is 17.0 Å². The van der Waals surface area contributed by atoms with Gasteiger partial charge in [0.25, 0.3) is 0 Å². The standard InChI is InChI=1S/C18H26BrFN2O3/c1-12(15-9-13(19)5-6-16(15)20)21-10-14-11-24-8-7-22(14)17(23)25-18(2,3)4/h5-6,9,12,14,21H,7-8,10-11H2,1-4H3. The summed E-state index contributed by atoms with van der Waals surface area (Å²) >= 11 is 3.36. The van der Waals surface area contributed by atoms with Gasteiger partial charge in [-0.05, 0) is 45.9 Å². The lowest BCUT2D eigenvalue weighted by Gasteiger charge is -2.37. The summed E-state index contributed by atoms with van der Waals surface area (Å²) in [5.41, 5.74) is 0.0371. The van der Waals surface area contributed by atoms with Crippen molar-refractivity contribution in [1.82, 2.24) is 10.2 Å². The summed E-state index contributed by atoms with van der Waals surface area (Å²) in [6.07, 6.45) is -0.344. The first kappa shape index (κ1) is 20.1. The SMILES string of the molecule is CC(NCC1COCCN1C(=O)OC(C)(C)C)c1cc(Br)ccc1F. The lowest BCUT2D eigenvalue weighted by molar-refractivity contribution is -0.0321. The van der Waals surface area contributed by atoms with Gasteiger partial charge < -0.3 is 14.8 Å². The number of carbonyl (C=O) groups excluding carboxylic acids is 1. The van der Waals surface area contributed by atoms with Crippen LogP contribution in [0.1, 0.15) is 39.3 Å². The van der Waals surface area contributed by atoms with E-state index in [1.807, 2.05) is 27.7 Å². The average molecular weight is 417 g/mol. The number of rotatable bonds is 4. The zero-order valence-electron chi connectivity index (χ0n) is 15.1. The maximum Gasteiger partial charge on any atom is 0.410 e. The van der Waals surface area contributed by atoms with Gasteiger partial charge in [0.2, 0.25) is 0 Å². The van der Waals surface area contributed by atoms with E-state index < -0.39 is 5.60 Å². The van der Waals surface area contributed by atoms with Gasteiger partial charge in [-0.2, -0.15) is 0 Å². The van der Waals surface area contributed by atoms with Crippen LogP contribution in [0.2, 0.25) is 0 Å². The Balaban J connectivity index is 1.99. The molecule has 1 aliphatic heterocycles. The number of ether oxygens (including phenoxy) is 2. The highest BCUT2D eigenvalue weighted by Gasteiger charge is 2.31. The lowest BCUT2D eigenvalue weighted by Crippen LogP contribution is -2.54. The molecule has 2 rings (SSSR count). The van der Waals surface area contributed by atoms with Crippen LogP contribution in [0.25, 0.3) is 0 Å². The highest BCUT2D eigenvalue weighted by Crippen LogP contribution is 2.22. The van der Waals surface area contributed by atoms with E-state index in [1.165, 1.54) is 6.07 Å². The molecule has 0 radical (unpaired) electrons. The summed E-state index contributed by atoms with van der Waals surface area (Å²) in [5, 5.41) is 3.29. The molecule has 2 atom stereocenters. The zero-order valence-corrected chi connectivity index (χ0v) is 16.7. The van der Waals surface area contributed by atoms with E-state index in [0.717, 1.165) is 4.47 Å². The largest absolute Gasteiger partial charge is 0.444 e. The van der Waals surface area contributed by atoms with Crippen molar-refractivity contribution in [2.24, 2.45) is 0 Å². The molecule has 1 amide bonds. The fourth-order valence-electron chi connectivity index (χ4n) is 2.65. The molecular weight excluding hydrogens is 391 g/mol. The zero-order chi connectivity index (χ0) is 18.6. The number of nitrogens with one attached hydrogen (secondary N) is 1. The molecule has 7 heteroatoms. The molecule has 0 spiro atoms. The monoisotopic (exact) mass is 416 g/mol. The quantitative estimate of drug-likeness (QED) is 0.808. The van der Waals surface area contributed by atoms with Gasteiger partial charge in [-0.15, -0.1) is 0 Å². The third-order valence-corrected chi connectivity index (χ3v) is 4.43. The predicted octanol–water partition coefficient (Wildman–Crippen LogP) is 3.87. The van der Waals surface area contributed by atoms with Crippen LogP contribution >= 0.6 is 15.9 Å². The first-order valence-electron chi connectivity index (χ1n) is 8.43. The molecule has 2 unspecified atom stereocenters. The molecule has 0 saturated carbocycles. The van der Waals surface area contributed by atoms with Crippen molar-refractivity contribution in [1.29, 1.82) is 0 Å². The molecule has 1 N–H and O–H groups in total. The Labute approximate surface area is 157 Å². The summed E-state index contributed by atoms with van der Waals surface area (Å²) in [5.74, 6) is -0.257. The summed E-state index contributed by atoms with van der Waals surface area (Å²) in [6.45, 7) is 9.33. The summed E-state index contributed by atoms with van der Waals surface area (Å²) in [6, 6.07) is 4.52. The normalized spacial score (nSPS) is 19.6. The first-order valence-corrected chi connectivity index (χ1v) is 9.22. The molecule has 1 aliphatic rings. The van der Waals surface area contributed by atoms with Crippen molar-refractivity contribution >= 4 is 22.0 Å². The number of amides is 1. The summed E-state index contributed by atoms with van der Waals surface area (Å²) in [4.78, 5) is 14.1. The number of halogens is 2. The van der Waals surface area contributed by atoms with E-state index in [2.05, 4.69) is 21.2 Å². The summed E-state index contributed by atoms with van der Waals surface area (Å²) in [7, 11) is 0. The van der Waals surface area contributed by atoms with Crippen molar-refractivity contribution in [3.8, 4) is 0 Å². The van der Waals surface area contributed by atoms with Crippen LogP contribution in [-0.4, -0.2) is 48.9 Å². The number of nitrogens with zero attached hydrogens (tertiary/aromatic N) is 1. The highest BCUT2D eigenvalue weighted by molar-refractivity contribution is 9.10. The van der Waals surface area contributed by atoms with E-state index in [9.17, 15) is 9.18 Å². The maximum atomic E-state index is 14.0. The molecule has 0 aliphatic carbocycles. The third kappa shape index (κ3) is 5.94. The molecule has 1 saturated heterocycles. The van der Waals surface area contributed by atoms with Crippen LogP contribution in [0.4, 0.5) is 9.18 Å². The van der Waals surface area contributed by atoms with Gasteiger partial charge in [-0.1, -0.05) is 15.9 Å². The van der Waals surface area contributed by atoms with Gasteiger partial charge in [0.1, 0.15) is 11.4 Å². The fraction of sp³-hybridized carbons (Fsp3) is 0.611. The van der Waals surface area contributed by atoms with Gasteiger partial charge in [-0.25, -0.2) is 9.18 Å². The molecule has 1 fully saturated rings. The second-order valence-electron chi connectivity index (χ2n) is 7.20. The van der Waals surface area contributed by atoms with Crippen molar-refractivity contribution in [2.45, 2.75) is 45.4 Å². The predicted molar refractivity (Wildman–Crippen MR) is 98.1 cm³/mol. The van der Waals surface area contributed by atoms with Crippen molar-refractivity contribution in [2.75, 3.05) is 26.3 Å². The molecule has 1 heterocycles. The van der Waals surface area contributed by atoms with Gasteiger partial charge >= 0.3 is 6.09 Å². The Morgan fingerprint density at radius 1 is 1.52 bits per heavy atom. The molecule has 1 aromatic carbocycles. The van der Waals surface area contributed by atoms with E-state index in [-0.39, 0.29) is 24.0 Å². The van der Waals surface area contributed by atoms with Crippen LogP contribution in [0.5, 0.6) is 0 Å². The molecule has 0 bridgehead atoms. The minimum atomic E-state index is -0.542. The van der Waals surface area contributed by atoms with Crippen molar-refractivity contribution in [3.05, 3.63) is 34.1 Å². The number of hydrogen-bond acceptors (Lipinski definition) is 4. The molecule has 5 nitrogen and oxygen atoms in total. The van der Waals surface area contributed by atoms with Crippen LogP contribution in [-0.2, 0) is 9.47 Å². The Hall–Kier alpha value is -1.18. The van der Waals surface area contributed by atoms with Crippen LogP contribution in [0.15, 0.2) is 22.7 Å². The van der Waals surface area contributed by atoms with E-state index in [4.69, 9.17) is 9.47 Å². The molecule has 140 valence electrons. The summed E-state index contributed by atoms with van der Waals surface area (Å²) < 4.78 is 25.8. The fourth-order valence-corrected chi connectivity index (χ4v) is 3.03. The Morgan fingerprint density at radius 3 is 2.92 bits per heavy atom. The third-order valence-electron chi connectivity index (χ3n) is 3.94. The van der Waals surface area contributed by atoms with Gasteiger partial charge in [0.05, 0.1) is 19.3 Å². The Kier molecular flexibility index (Phi) is 6.82. The smallest absolute Gasteiger partial charge is 0.410 e. The van der Waals surface area contributed by atoms with Crippen LogP contribution in [0, 0.1) is 5.82 Å². The van der Waals surface area contributed by atoms with Crippen molar-refractivity contribution in [3.63, 3.8) is 0 Å². The van der Waals surface area contributed by atoms with Crippen LogP contribution < -0.4 is 5.32 Å². The van der Waals surface area contributed by atoms with Crippen molar-refractivity contribution < 1.29 is 18.7 Å². The maximum absolute atomic E-state index is 14.0. The lowest BCUT2D eigenvalue weighted by atomic mass is 10.1. The Morgan fingerprint density at radius 2 is 2.24 bits per heavy atom. The topological polar surface area (TPSA) is 50.8 Å². The molecule has 25 heavy (non-hydrogen) atoms. The number of benzene rings is 1. The number of morpholine rings is 1. The average Bonchev–Trinajstić information content (AvgIpc) is 2.53.